The predicted molar refractivity (Wildman–Crippen MR) is 252 cm³/mol. The number of benzene rings is 8. The molecular formula is C59H51N. The average Bonchev–Trinajstić information content (AvgIpc) is 3.52. The zero-order valence-electron chi connectivity index (χ0n) is 34.7. The van der Waals surface area contributed by atoms with Gasteiger partial charge in [0.05, 0.1) is 5.69 Å². The number of hydrogen-bond donors (Lipinski definition) is 0. The van der Waals surface area contributed by atoms with Crippen molar-refractivity contribution in [3.8, 4) is 44.5 Å². The third kappa shape index (κ3) is 5.81. The molecule has 5 aliphatic rings. The molecule has 0 spiro atoms. The second-order valence-electron chi connectivity index (χ2n) is 19.2. The van der Waals surface area contributed by atoms with Crippen molar-refractivity contribution < 1.29 is 0 Å². The summed E-state index contributed by atoms with van der Waals surface area (Å²) in [5, 5.41) is 2.49. The molecule has 0 heterocycles. The van der Waals surface area contributed by atoms with Crippen molar-refractivity contribution in [1.29, 1.82) is 0 Å². The van der Waals surface area contributed by atoms with Crippen LogP contribution in [0.3, 0.4) is 0 Å². The van der Waals surface area contributed by atoms with Gasteiger partial charge in [-0.3, -0.25) is 0 Å². The quantitative estimate of drug-likeness (QED) is 0.156. The highest BCUT2D eigenvalue weighted by atomic mass is 15.1. The van der Waals surface area contributed by atoms with Gasteiger partial charge in [0.1, 0.15) is 0 Å². The summed E-state index contributed by atoms with van der Waals surface area (Å²) in [5.41, 5.74) is 18.2. The van der Waals surface area contributed by atoms with E-state index in [4.69, 9.17) is 0 Å². The largest absolute Gasteiger partial charge is 0.310 e. The smallest absolute Gasteiger partial charge is 0.0540 e. The molecule has 0 unspecified atom stereocenters. The summed E-state index contributed by atoms with van der Waals surface area (Å²) >= 11 is 0. The Bertz CT molecular complexity index is 2880. The van der Waals surface area contributed by atoms with Crippen molar-refractivity contribution in [2.24, 2.45) is 17.8 Å². The van der Waals surface area contributed by atoms with E-state index in [0.29, 0.717) is 5.41 Å². The first-order valence-corrected chi connectivity index (χ1v) is 22.3. The monoisotopic (exact) mass is 773 g/mol. The molecule has 1 heteroatoms. The molecule has 60 heavy (non-hydrogen) atoms. The molecule has 1 nitrogen and oxygen atoms in total. The lowest BCUT2D eigenvalue weighted by Gasteiger charge is -2.57. The van der Waals surface area contributed by atoms with Crippen LogP contribution in [-0.2, 0) is 10.8 Å². The van der Waals surface area contributed by atoms with Gasteiger partial charge >= 0.3 is 0 Å². The first-order chi connectivity index (χ1) is 29.4. The van der Waals surface area contributed by atoms with Crippen LogP contribution in [0.4, 0.5) is 17.1 Å². The molecule has 4 fully saturated rings. The van der Waals surface area contributed by atoms with Gasteiger partial charge in [-0.2, -0.15) is 0 Å². The first kappa shape index (κ1) is 35.7. The van der Waals surface area contributed by atoms with Crippen LogP contribution in [0.25, 0.3) is 55.3 Å². The van der Waals surface area contributed by atoms with Crippen molar-refractivity contribution in [2.45, 2.75) is 63.2 Å². The molecule has 0 aromatic heterocycles. The standard InChI is InChI=1S/C59H51N/c1-58(2)55-15-9-8-14-52(55)53-28-27-51(35-56(53)58)60(57-29-22-47(42-10-4-3-5-11-42)34-54(57)48-17-16-43-12-6-7-13-46(43)33-48)50-25-20-45(21-26-50)44-18-23-49(24-19-44)59-36-39-30-40(37-59)32-41(31-39)38-59/h3-29,33-35,39-41H,30-32,36-38H2,1-2H3. The van der Waals surface area contributed by atoms with Gasteiger partial charge in [0.2, 0.25) is 0 Å². The first-order valence-electron chi connectivity index (χ1n) is 22.3. The third-order valence-electron chi connectivity index (χ3n) is 15.2. The van der Waals surface area contributed by atoms with E-state index in [0.717, 1.165) is 34.8 Å². The molecule has 0 saturated heterocycles. The predicted octanol–water partition coefficient (Wildman–Crippen LogP) is 16.1. The summed E-state index contributed by atoms with van der Waals surface area (Å²) < 4.78 is 0. The molecule has 4 saturated carbocycles. The normalized spacial score (nSPS) is 21.8. The second kappa shape index (κ2) is 13.7. The number of fused-ring (bicyclic) bond motifs is 4. The van der Waals surface area contributed by atoms with Crippen molar-refractivity contribution >= 4 is 27.8 Å². The molecule has 0 radical (unpaired) electrons. The minimum Gasteiger partial charge on any atom is -0.310 e. The Balaban J connectivity index is 0.986. The van der Waals surface area contributed by atoms with Crippen LogP contribution in [-0.4, -0.2) is 0 Å². The van der Waals surface area contributed by atoms with E-state index in [-0.39, 0.29) is 5.41 Å². The fourth-order valence-electron chi connectivity index (χ4n) is 12.7. The van der Waals surface area contributed by atoms with Crippen LogP contribution in [0.1, 0.15) is 69.1 Å². The van der Waals surface area contributed by atoms with Crippen LogP contribution in [0.2, 0.25) is 0 Å². The Labute approximate surface area is 355 Å². The molecule has 0 aliphatic heterocycles. The second-order valence-corrected chi connectivity index (χ2v) is 19.2. The van der Waals surface area contributed by atoms with Gasteiger partial charge in [-0.1, -0.05) is 153 Å². The number of anilines is 3. The summed E-state index contributed by atoms with van der Waals surface area (Å²) in [7, 11) is 0. The van der Waals surface area contributed by atoms with Crippen LogP contribution in [0.15, 0.2) is 182 Å². The Morgan fingerprint density at radius 3 is 1.70 bits per heavy atom. The molecule has 8 aromatic rings. The summed E-state index contributed by atoms with van der Waals surface area (Å²) in [4.78, 5) is 2.50. The zero-order chi connectivity index (χ0) is 40.0. The lowest BCUT2D eigenvalue weighted by Crippen LogP contribution is -2.48. The maximum absolute atomic E-state index is 2.50. The van der Waals surface area contributed by atoms with Crippen molar-refractivity contribution in [3.05, 3.63) is 199 Å². The van der Waals surface area contributed by atoms with Gasteiger partial charge in [0.15, 0.2) is 0 Å². The number of hydrogen-bond acceptors (Lipinski definition) is 1. The van der Waals surface area contributed by atoms with Crippen LogP contribution in [0, 0.1) is 17.8 Å². The van der Waals surface area contributed by atoms with E-state index in [1.54, 1.807) is 5.56 Å². The molecule has 5 aliphatic carbocycles. The molecular weight excluding hydrogens is 723 g/mol. The minimum absolute atomic E-state index is 0.113. The molecule has 0 amide bonds. The van der Waals surface area contributed by atoms with Crippen LogP contribution >= 0.6 is 0 Å². The van der Waals surface area contributed by atoms with E-state index in [1.165, 1.54) is 105 Å². The van der Waals surface area contributed by atoms with Crippen molar-refractivity contribution in [2.75, 3.05) is 4.90 Å². The minimum atomic E-state index is -0.113. The number of rotatable bonds is 7. The zero-order valence-corrected chi connectivity index (χ0v) is 34.7. The van der Waals surface area contributed by atoms with Gasteiger partial charge in [-0.15, -0.1) is 0 Å². The molecule has 4 bridgehead atoms. The van der Waals surface area contributed by atoms with E-state index in [1.807, 2.05) is 0 Å². The van der Waals surface area contributed by atoms with Gasteiger partial charge in [-0.25, -0.2) is 0 Å². The lowest BCUT2D eigenvalue weighted by atomic mass is 9.48. The van der Waals surface area contributed by atoms with Crippen molar-refractivity contribution in [3.63, 3.8) is 0 Å². The highest BCUT2D eigenvalue weighted by molar-refractivity contribution is 5.95. The molecule has 0 atom stereocenters. The fraction of sp³-hybridized carbons (Fsp3) is 0.220. The Hall–Kier alpha value is -6.18. The Morgan fingerprint density at radius 2 is 0.967 bits per heavy atom. The van der Waals surface area contributed by atoms with E-state index in [9.17, 15) is 0 Å². The fourth-order valence-corrected chi connectivity index (χ4v) is 12.7. The summed E-state index contributed by atoms with van der Waals surface area (Å²) in [6, 6.07) is 68.7. The maximum Gasteiger partial charge on any atom is 0.0540 e. The lowest BCUT2D eigenvalue weighted by molar-refractivity contribution is -0.00518. The maximum atomic E-state index is 2.50. The Kier molecular flexibility index (Phi) is 8.15. The molecule has 13 rings (SSSR count). The summed E-state index contributed by atoms with van der Waals surface area (Å²) in [6.45, 7) is 4.76. The van der Waals surface area contributed by atoms with Crippen molar-refractivity contribution in [1.82, 2.24) is 0 Å². The van der Waals surface area contributed by atoms with Gasteiger partial charge in [-0.05, 0) is 171 Å². The van der Waals surface area contributed by atoms with E-state index in [2.05, 4.69) is 201 Å². The van der Waals surface area contributed by atoms with Crippen LogP contribution < -0.4 is 4.90 Å². The highest BCUT2D eigenvalue weighted by Crippen LogP contribution is 2.61. The number of nitrogens with zero attached hydrogens (tertiary/aromatic N) is 1. The average molecular weight is 774 g/mol. The highest BCUT2D eigenvalue weighted by Gasteiger charge is 2.51. The van der Waals surface area contributed by atoms with Crippen LogP contribution in [0.5, 0.6) is 0 Å². The Morgan fingerprint density at radius 1 is 0.400 bits per heavy atom. The van der Waals surface area contributed by atoms with E-state index < -0.39 is 0 Å². The van der Waals surface area contributed by atoms with Gasteiger partial charge in [0.25, 0.3) is 0 Å². The van der Waals surface area contributed by atoms with Gasteiger partial charge < -0.3 is 4.90 Å². The third-order valence-corrected chi connectivity index (χ3v) is 15.2. The molecule has 8 aromatic carbocycles. The summed E-state index contributed by atoms with van der Waals surface area (Å²) in [5.74, 6) is 2.86. The SMILES string of the molecule is CC1(C)c2ccccc2-c2ccc(N(c3ccc(-c4ccc(C56CC7CC(CC(C7)C5)C6)cc4)cc3)c3ccc(-c4ccccc4)cc3-c3ccc4ccccc4c3)cc21. The molecule has 292 valence electrons. The summed E-state index contributed by atoms with van der Waals surface area (Å²) in [6.07, 6.45) is 8.67. The van der Waals surface area contributed by atoms with Gasteiger partial charge in [0, 0.05) is 22.4 Å². The topological polar surface area (TPSA) is 3.24 Å². The van der Waals surface area contributed by atoms with E-state index >= 15 is 0 Å². The molecule has 0 N–H and O–H groups in total.